The molecule has 0 atom stereocenters. The summed E-state index contributed by atoms with van der Waals surface area (Å²) < 4.78 is 9.91. The van der Waals surface area contributed by atoms with E-state index in [9.17, 15) is 14.5 Å². The highest BCUT2D eigenvalue weighted by Crippen LogP contribution is 2.07. The summed E-state index contributed by atoms with van der Waals surface area (Å²) in [6.45, 7) is 4.55. The Morgan fingerprint density at radius 1 is 1.23 bits per heavy atom. The summed E-state index contributed by atoms with van der Waals surface area (Å²) in [5.41, 5.74) is 2.12. The molecule has 0 aliphatic carbocycles. The highest BCUT2D eigenvalue weighted by atomic mass is 16.6. The first-order valence-electron chi connectivity index (χ1n) is 6.60. The van der Waals surface area contributed by atoms with Crippen molar-refractivity contribution in [1.82, 2.24) is 10.5 Å². The first kappa shape index (κ1) is 17.4. The van der Waals surface area contributed by atoms with E-state index < -0.39 is 24.2 Å². The van der Waals surface area contributed by atoms with E-state index in [1.54, 1.807) is 32.9 Å². The summed E-state index contributed by atoms with van der Waals surface area (Å²) in [6.07, 6.45) is -0.886. The molecule has 0 fully saturated rings. The van der Waals surface area contributed by atoms with Crippen LogP contribution in [-0.2, 0) is 20.9 Å². The van der Waals surface area contributed by atoms with Crippen molar-refractivity contribution in [1.29, 1.82) is 0 Å². The van der Waals surface area contributed by atoms with Gasteiger partial charge in [0.1, 0.15) is 12.2 Å². The quantitative estimate of drug-likeness (QED) is 0.491. The average Bonchev–Trinajstić information content (AvgIpc) is 2.43. The van der Waals surface area contributed by atoms with Gasteiger partial charge in [-0.2, -0.15) is 5.12 Å². The zero-order valence-corrected chi connectivity index (χ0v) is 12.7. The summed E-state index contributed by atoms with van der Waals surface area (Å²) in [5, 5.41) is 3.04. The molecule has 0 heterocycles. The Bertz CT molecular complexity index is 513. The van der Waals surface area contributed by atoms with Crippen LogP contribution in [0, 0.1) is 4.91 Å². The van der Waals surface area contributed by atoms with Crippen LogP contribution in [0.5, 0.6) is 0 Å². The Hall–Kier alpha value is -2.64. The van der Waals surface area contributed by atoms with E-state index in [1.807, 2.05) is 23.6 Å². The molecule has 1 N–H and O–H groups in total. The standard InChI is InChI=1S/C14H19N3O5/c1-14(2,3)22-13(19)15-17(16-20)9-12(18)21-10-11-7-5-4-6-8-11/h4-8H,9-10H2,1-3H3,(H,15,19). The van der Waals surface area contributed by atoms with Crippen LogP contribution < -0.4 is 5.43 Å². The number of hydrogen-bond acceptors (Lipinski definition) is 6. The van der Waals surface area contributed by atoms with Crippen molar-refractivity contribution in [2.24, 2.45) is 5.29 Å². The van der Waals surface area contributed by atoms with Gasteiger partial charge in [0.05, 0.1) is 5.29 Å². The van der Waals surface area contributed by atoms with Gasteiger partial charge < -0.3 is 9.47 Å². The van der Waals surface area contributed by atoms with Crippen LogP contribution in [0.15, 0.2) is 35.6 Å². The van der Waals surface area contributed by atoms with Gasteiger partial charge in [-0.3, -0.25) is 0 Å². The number of nitrogens with one attached hydrogen (secondary N) is 1. The minimum Gasteiger partial charge on any atom is -0.459 e. The molecule has 0 saturated heterocycles. The number of carbonyl (C=O) groups is 2. The van der Waals surface area contributed by atoms with Gasteiger partial charge in [-0.25, -0.2) is 15.0 Å². The molecule has 0 aliphatic rings. The fraction of sp³-hybridized carbons (Fsp3) is 0.429. The molecule has 120 valence electrons. The number of carbonyl (C=O) groups excluding carboxylic acids is 2. The minimum absolute atomic E-state index is 0.0683. The maximum atomic E-state index is 11.6. The second-order valence-corrected chi connectivity index (χ2v) is 5.40. The van der Waals surface area contributed by atoms with Gasteiger partial charge in [-0.05, 0) is 26.3 Å². The summed E-state index contributed by atoms with van der Waals surface area (Å²) in [6, 6.07) is 9.05. The zero-order valence-electron chi connectivity index (χ0n) is 12.7. The molecule has 1 aromatic rings. The number of nitrogens with zero attached hydrogens (tertiary/aromatic N) is 2. The number of hydrogen-bond donors (Lipinski definition) is 1. The second-order valence-electron chi connectivity index (χ2n) is 5.40. The van der Waals surface area contributed by atoms with Crippen LogP contribution in [0.25, 0.3) is 0 Å². The zero-order chi connectivity index (χ0) is 16.6. The van der Waals surface area contributed by atoms with E-state index >= 15 is 0 Å². The number of rotatable bonds is 6. The molecule has 0 unspecified atom stereocenters. The predicted molar refractivity (Wildman–Crippen MR) is 78.1 cm³/mol. The van der Waals surface area contributed by atoms with Crippen molar-refractivity contribution in [3.8, 4) is 0 Å². The monoisotopic (exact) mass is 309 g/mol. The smallest absolute Gasteiger partial charge is 0.428 e. The van der Waals surface area contributed by atoms with Crippen molar-refractivity contribution >= 4 is 12.1 Å². The summed E-state index contributed by atoms with van der Waals surface area (Å²) >= 11 is 0. The Kier molecular flexibility index (Phi) is 6.30. The lowest BCUT2D eigenvalue weighted by atomic mass is 10.2. The number of ether oxygens (including phenoxy) is 2. The highest BCUT2D eigenvalue weighted by molar-refractivity contribution is 5.72. The topological polar surface area (TPSA) is 97.3 Å². The lowest BCUT2D eigenvalue weighted by Gasteiger charge is -2.22. The molecule has 22 heavy (non-hydrogen) atoms. The minimum atomic E-state index is -0.886. The maximum absolute atomic E-state index is 11.6. The normalized spacial score (nSPS) is 10.5. The fourth-order valence-corrected chi connectivity index (χ4v) is 1.40. The van der Waals surface area contributed by atoms with Crippen molar-refractivity contribution in [3.63, 3.8) is 0 Å². The van der Waals surface area contributed by atoms with Crippen LogP contribution in [0.1, 0.15) is 26.3 Å². The third-order valence-corrected chi connectivity index (χ3v) is 2.24. The summed E-state index contributed by atoms with van der Waals surface area (Å²) in [4.78, 5) is 33.7. The van der Waals surface area contributed by atoms with Gasteiger partial charge in [-0.15, -0.1) is 4.91 Å². The van der Waals surface area contributed by atoms with Crippen LogP contribution in [0.4, 0.5) is 4.79 Å². The number of benzene rings is 1. The first-order valence-corrected chi connectivity index (χ1v) is 6.60. The van der Waals surface area contributed by atoms with Crippen LogP contribution in [0.2, 0.25) is 0 Å². The van der Waals surface area contributed by atoms with E-state index in [4.69, 9.17) is 9.47 Å². The molecule has 0 spiro atoms. The number of nitroso groups, excluding NO2 is 1. The predicted octanol–water partition coefficient (Wildman–Crippen LogP) is 2.15. The number of esters is 1. The van der Waals surface area contributed by atoms with Crippen molar-refractivity contribution in [2.45, 2.75) is 33.0 Å². The molecule has 0 saturated carbocycles. The lowest BCUT2D eigenvalue weighted by Crippen LogP contribution is -2.44. The van der Waals surface area contributed by atoms with Gasteiger partial charge in [0.25, 0.3) is 0 Å². The Morgan fingerprint density at radius 2 is 1.86 bits per heavy atom. The highest BCUT2D eigenvalue weighted by Gasteiger charge is 2.20. The van der Waals surface area contributed by atoms with E-state index in [1.165, 1.54) is 0 Å². The molecule has 0 bridgehead atoms. The Balaban J connectivity index is 2.40. The molecular formula is C14H19N3O5. The van der Waals surface area contributed by atoms with E-state index in [-0.39, 0.29) is 6.61 Å². The van der Waals surface area contributed by atoms with E-state index in [0.29, 0.717) is 5.12 Å². The molecule has 1 amide bonds. The lowest BCUT2D eigenvalue weighted by molar-refractivity contribution is -0.147. The molecule has 1 aromatic carbocycles. The molecular weight excluding hydrogens is 290 g/mol. The summed E-state index contributed by atoms with van der Waals surface area (Å²) in [5.74, 6) is -0.709. The second kappa shape index (κ2) is 7.96. The van der Waals surface area contributed by atoms with Crippen molar-refractivity contribution in [3.05, 3.63) is 40.8 Å². The largest absolute Gasteiger partial charge is 0.459 e. The Morgan fingerprint density at radius 3 is 2.41 bits per heavy atom. The van der Waals surface area contributed by atoms with Gasteiger partial charge in [-0.1, -0.05) is 30.3 Å². The van der Waals surface area contributed by atoms with Gasteiger partial charge >= 0.3 is 12.1 Å². The molecule has 1 rings (SSSR count). The van der Waals surface area contributed by atoms with E-state index in [2.05, 4.69) is 5.29 Å². The first-order chi connectivity index (χ1) is 10.3. The van der Waals surface area contributed by atoms with E-state index in [0.717, 1.165) is 5.56 Å². The third kappa shape index (κ3) is 7.22. The summed E-state index contributed by atoms with van der Waals surface area (Å²) in [7, 11) is 0. The molecule has 8 heteroatoms. The molecule has 8 nitrogen and oxygen atoms in total. The molecule has 0 radical (unpaired) electrons. The average molecular weight is 309 g/mol. The number of hydrazine groups is 1. The van der Waals surface area contributed by atoms with Gasteiger partial charge in [0.2, 0.25) is 0 Å². The molecule has 0 aromatic heterocycles. The molecule has 0 aliphatic heterocycles. The van der Waals surface area contributed by atoms with Crippen LogP contribution in [-0.4, -0.2) is 29.3 Å². The fourth-order valence-electron chi connectivity index (χ4n) is 1.40. The van der Waals surface area contributed by atoms with Gasteiger partial charge in [0, 0.05) is 0 Å². The van der Waals surface area contributed by atoms with Crippen LogP contribution in [0.3, 0.4) is 0 Å². The number of amides is 1. The Labute approximate surface area is 128 Å². The van der Waals surface area contributed by atoms with Crippen molar-refractivity contribution in [2.75, 3.05) is 6.54 Å². The van der Waals surface area contributed by atoms with Crippen LogP contribution >= 0.6 is 0 Å². The SMILES string of the molecule is CC(C)(C)OC(=O)NN(CC(=O)OCc1ccccc1)N=O. The maximum Gasteiger partial charge on any atom is 0.428 e. The van der Waals surface area contributed by atoms with Crippen molar-refractivity contribution < 1.29 is 19.1 Å². The van der Waals surface area contributed by atoms with Gasteiger partial charge in [0.15, 0.2) is 6.54 Å². The third-order valence-electron chi connectivity index (χ3n) is 2.24.